The molecule has 0 saturated carbocycles. The highest BCUT2D eigenvalue weighted by atomic mass is 16.6. The molecule has 0 atom stereocenters. The molecule has 1 heterocycles. The number of nitrogens with zero attached hydrogens (tertiary/aromatic N) is 5. The van der Waals surface area contributed by atoms with E-state index in [9.17, 15) is 29.8 Å². The maximum Gasteiger partial charge on any atom is 0.377 e. The standard InChI is InChI=1S/C18H36O2.C16H14N6O6/c1-2-3-4-5-6-7-8-9-10-11-12-13-14-15-16-17-18(19)20;1-2-28-16(23)15-17-19(11-5-3-7-13(9-11)21(24)25)20(18-15)12-6-4-8-14(10-12)22(26)27/h2-17H2,1H3,(H,19,20);3-10H,2H2,1H3,(H,17,18). The van der Waals surface area contributed by atoms with Gasteiger partial charge >= 0.3 is 11.9 Å². The lowest BCUT2D eigenvalue weighted by molar-refractivity contribution is -0.385. The van der Waals surface area contributed by atoms with E-state index in [0.717, 1.165) is 12.8 Å². The number of hydrazine groups is 2. The van der Waals surface area contributed by atoms with Gasteiger partial charge in [-0.25, -0.2) is 4.79 Å². The minimum atomic E-state index is -0.745. The third-order valence-electron chi connectivity index (χ3n) is 7.62. The average Bonchev–Trinajstić information content (AvgIpc) is 3.53. The summed E-state index contributed by atoms with van der Waals surface area (Å²) in [4.78, 5) is 43.4. The number of carboxylic acids is 1. The molecular weight excluding hydrogens is 620 g/mol. The molecule has 0 unspecified atom stereocenters. The number of esters is 1. The van der Waals surface area contributed by atoms with Gasteiger partial charge in [-0.05, 0) is 25.5 Å². The van der Waals surface area contributed by atoms with Crippen molar-refractivity contribution < 1.29 is 29.3 Å². The lowest BCUT2D eigenvalue weighted by Gasteiger charge is -2.27. The van der Waals surface area contributed by atoms with E-state index in [1.807, 2.05) is 0 Å². The fourth-order valence-corrected chi connectivity index (χ4v) is 5.06. The van der Waals surface area contributed by atoms with Gasteiger partial charge in [0.1, 0.15) is 0 Å². The van der Waals surface area contributed by atoms with Crippen LogP contribution in [0.2, 0.25) is 0 Å². The van der Waals surface area contributed by atoms with Crippen molar-refractivity contribution in [3.05, 3.63) is 68.8 Å². The van der Waals surface area contributed by atoms with E-state index in [-0.39, 0.29) is 35.2 Å². The smallest absolute Gasteiger partial charge is 0.377 e. The molecule has 1 aliphatic rings. The zero-order valence-corrected chi connectivity index (χ0v) is 28.2. The van der Waals surface area contributed by atoms with Gasteiger partial charge in [-0.3, -0.25) is 30.4 Å². The Kier molecular flexibility index (Phi) is 18.7. The molecular formula is C34H50N6O8. The quantitative estimate of drug-likeness (QED) is 0.0531. The second-order valence-corrected chi connectivity index (χ2v) is 11.5. The summed E-state index contributed by atoms with van der Waals surface area (Å²) in [6.45, 7) is 4.02. The zero-order valence-electron chi connectivity index (χ0n) is 28.2. The number of carboxylic acid groups (broad SMARTS) is 1. The highest BCUT2D eigenvalue weighted by Gasteiger charge is 2.31. The Morgan fingerprint density at radius 1 is 0.750 bits per heavy atom. The van der Waals surface area contributed by atoms with Gasteiger partial charge in [-0.1, -0.05) is 109 Å². The molecule has 0 saturated heterocycles. The number of aliphatic carboxylic acids is 1. The van der Waals surface area contributed by atoms with Gasteiger partial charge in [0.2, 0.25) is 0 Å². The summed E-state index contributed by atoms with van der Waals surface area (Å²) in [6, 6.07) is 11.1. The number of nitrogens with one attached hydrogen (secondary N) is 1. The van der Waals surface area contributed by atoms with Crippen LogP contribution in [0.1, 0.15) is 117 Å². The number of amidine groups is 1. The Balaban J connectivity index is 0.000000356. The largest absolute Gasteiger partial charge is 0.481 e. The lowest BCUT2D eigenvalue weighted by atomic mass is 10.0. The number of nitro groups is 2. The van der Waals surface area contributed by atoms with Crippen LogP contribution in [0, 0.1) is 20.2 Å². The van der Waals surface area contributed by atoms with Crippen molar-refractivity contribution in [1.29, 1.82) is 0 Å². The Labute approximate surface area is 282 Å². The Morgan fingerprint density at radius 3 is 1.67 bits per heavy atom. The van der Waals surface area contributed by atoms with Crippen molar-refractivity contribution in [3.8, 4) is 0 Å². The molecule has 14 nitrogen and oxygen atoms in total. The van der Waals surface area contributed by atoms with E-state index in [1.165, 1.54) is 136 Å². The molecule has 0 radical (unpaired) electrons. The van der Waals surface area contributed by atoms with Crippen LogP contribution in [0.15, 0.2) is 53.6 Å². The zero-order chi connectivity index (χ0) is 35.1. The van der Waals surface area contributed by atoms with Crippen LogP contribution < -0.4 is 15.7 Å². The number of hydrogen-bond donors (Lipinski definition) is 2. The number of rotatable bonds is 22. The fraction of sp³-hybridized carbons (Fsp3) is 0.559. The summed E-state index contributed by atoms with van der Waals surface area (Å²) in [5.74, 6) is -1.58. The molecule has 0 aromatic heterocycles. The van der Waals surface area contributed by atoms with Crippen LogP contribution in [0.3, 0.4) is 0 Å². The summed E-state index contributed by atoms with van der Waals surface area (Å²) in [7, 11) is 0. The average molecular weight is 671 g/mol. The van der Waals surface area contributed by atoms with Gasteiger partial charge in [-0.15, -0.1) is 5.10 Å². The second kappa shape index (κ2) is 22.7. The van der Waals surface area contributed by atoms with Crippen molar-refractivity contribution in [1.82, 2.24) is 5.43 Å². The van der Waals surface area contributed by atoms with Gasteiger partial charge in [0, 0.05) is 30.7 Å². The van der Waals surface area contributed by atoms with Crippen LogP contribution in [-0.2, 0) is 14.3 Å². The number of benzene rings is 2. The molecule has 2 aromatic carbocycles. The summed E-state index contributed by atoms with van der Waals surface area (Å²) >= 11 is 0. The molecule has 264 valence electrons. The van der Waals surface area contributed by atoms with E-state index >= 15 is 0 Å². The molecule has 14 heteroatoms. The van der Waals surface area contributed by atoms with Crippen molar-refractivity contribution in [3.63, 3.8) is 0 Å². The van der Waals surface area contributed by atoms with Gasteiger partial charge < -0.3 is 9.84 Å². The first-order valence-electron chi connectivity index (χ1n) is 17.0. The Hall–Kier alpha value is -4.75. The molecule has 3 rings (SSSR count). The van der Waals surface area contributed by atoms with Crippen LogP contribution in [0.4, 0.5) is 22.7 Å². The van der Waals surface area contributed by atoms with Crippen LogP contribution in [0.5, 0.6) is 0 Å². The minimum Gasteiger partial charge on any atom is -0.481 e. The molecule has 48 heavy (non-hydrogen) atoms. The fourth-order valence-electron chi connectivity index (χ4n) is 5.06. The highest BCUT2D eigenvalue weighted by molar-refractivity contribution is 6.36. The van der Waals surface area contributed by atoms with Gasteiger partial charge in [0.25, 0.3) is 17.2 Å². The van der Waals surface area contributed by atoms with E-state index in [0.29, 0.717) is 6.42 Å². The normalized spacial score (nSPS) is 12.1. The number of carbonyl (C=O) groups is 2. The number of hydrazone groups is 1. The van der Waals surface area contributed by atoms with Crippen molar-refractivity contribution >= 4 is 40.5 Å². The first kappa shape index (κ1) is 39.4. The summed E-state index contributed by atoms with van der Waals surface area (Å²) in [6.07, 6.45) is 20.2. The van der Waals surface area contributed by atoms with Gasteiger partial charge in [-0.2, -0.15) is 10.2 Å². The number of anilines is 2. The van der Waals surface area contributed by atoms with E-state index in [4.69, 9.17) is 9.84 Å². The molecule has 0 spiro atoms. The summed E-state index contributed by atoms with van der Waals surface area (Å²) in [5, 5.41) is 37.2. The molecule has 0 amide bonds. The van der Waals surface area contributed by atoms with Gasteiger partial charge in [0.05, 0.1) is 27.8 Å². The van der Waals surface area contributed by atoms with Crippen molar-refractivity contribution in [2.75, 3.05) is 16.8 Å². The van der Waals surface area contributed by atoms with Crippen molar-refractivity contribution in [2.45, 2.75) is 117 Å². The number of ether oxygens (including phenoxy) is 1. The second-order valence-electron chi connectivity index (χ2n) is 11.5. The molecule has 0 aliphatic carbocycles. The number of nitro benzene ring substituents is 2. The van der Waals surface area contributed by atoms with Crippen LogP contribution in [-0.4, -0.2) is 39.3 Å². The molecule has 2 aromatic rings. The lowest BCUT2D eigenvalue weighted by Crippen LogP contribution is -2.46. The third kappa shape index (κ3) is 14.8. The minimum absolute atomic E-state index is 0.118. The summed E-state index contributed by atoms with van der Waals surface area (Å²) < 4.78 is 4.92. The van der Waals surface area contributed by atoms with Crippen LogP contribution in [0.25, 0.3) is 0 Å². The van der Waals surface area contributed by atoms with Crippen molar-refractivity contribution in [2.24, 2.45) is 5.10 Å². The van der Waals surface area contributed by atoms with Crippen LogP contribution >= 0.6 is 0 Å². The molecule has 1 aliphatic heterocycles. The number of non-ortho nitro benzene ring substituents is 2. The third-order valence-corrected chi connectivity index (χ3v) is 7.62. The Morgan fingerprint density at radius 2 is 1.21 bits per heavy atom. The SMILES string of the molecule is CCCCCCCCCCCCCCCCCC(=O)O.CCOC(=O)C1=NN(c2cccc([N+](=O)[O-])c2)N(c2cccc([N+](=O)[O-])c2)N1. The number of unbranched alkanes of at least 4 members (excludes halogenated alkanes) is 14. The maximum absolute atomic E-state index is 12.1. The number of hydrogen-bond acceptors (Lipinski definition) is 11. The van der Waals surface area contributed by atoms with E-state index in [1.54, 1.807) is 13.0 Å². The predicted molar refractivity (Wildman–Crippen MR) is 186 cm³/mol. The Bertz CT molecular complexity index is 1340. The molecule has 0 bridgehead atoms. The number of carbonyl (C=O) groups excluding carboxylic acids is 1. The maximum atomic E-state index is 12.1. The van der Waals surface area contributed by atoms with Gasteiger partial charge in [0.15, 0.2) is 0 Å². The predicted octanol–water partition coefficient (Wildman–Crippen LogP) is 8.46. The first-order valence-corrected chi connectivity index (χ1v) is 17.0. The molecule has 2 N–H and O–H groups in total. The van der Waals surface area contributed by atoms with E-state index < -0.39 is 21.8 Å². The topological polar surface area (TPSA) is 181 Å². The first-order chi connectivity index (χ1) is 23.2. The molecule has 0 fully saturated rings. The monoisotopic (exact) mass is 670 g/mol. The summed E-state index contributed by atoms with van der Waals surface area (Å²) in [5.41, 5.74) is 2.87. The highest BCUT2D eigenvalue weighted by Crippen LogP contribution is 2.29. The van der Waals surface area contributed by atoms with E-state index in [2.05, 4.69) is 17.5 Å².